The summed E-state index contributed by atoms with van der Waals surface area (Å²) in [5.74, 6) is -0.971. The molecule has 138 valence electrons. The summed E-state index contributed by atoms with van der Waals surface area (Å²) < 4.78 is 10.3. The fourth-order valence-corrected chi connectivity index (χ4v) is 2.67. The van der Waals surface area contributed by atoms with Gasteiger partial charge in [-0.05, 0) is 32.0 Å². The molecule has 0 saturated carbocycles. The number of aliphatic carboxylic acids is 1. The first-order valence-corrected chi connectivity index (χ1v) is 8.52. The van der Waals surface area contributed by atoms with E-state index >= 15 is 0 Å². The Kier molecular flexibility index (Phi) is 6.67. The molecule has 1 aromatic carbocycles. The Hall–Kier alpha value is -2.94. The number of thiazole rings is 1. The third-order valence-corrected chi connectivity index (χ3v) is 4.11. The maximum Gasteiger partial charge on any atom is 0.246 e. The van der Waals surface area contributed by atoms with Crippen molar-refractivity contribution >= 4 is 28.9 Å². The van der Waals surface area contributed by atoms with Crippen molar-refractivity contribution in [1.82, 2.24) is 10.4 Å². The van der Waals surface area contributed by atoms with Gasteiger partial charge in [-0.25, -0.2) is 10.4 Å². The molecule has 1 N–H and O–H groups in total. The van der Waals surface area contributed by atoms with Crippen LogP contribution < -0.4 is 20.0 Å². The largest absolute Gasteiger partial charge is 0.546 e. The molecule has 0 unspecified atom stereocenters. The second-order valence-corrected chi connectivity index (χ2v) is 6.36. The van der Waals surface area contributed by atoms with Gasteiger partial charge in [-0.2, -0.15) is 5.10 Å². The van der Waals surface area contributed by atoms with Crippen molar-refractivity contribution in [2.75, 3.05) is 13.7 Å². The zero-order valence-electron chi connectivity index (χ0n) is 14.6. The highest BCUT2D eigenvalue weighted by molar-refractivity contribution is 7.09. The minimum atomic E-state index is -1.33. The molecule has 0 saturated heterocycles. The van der Waals surface area contributed by atoms with E-state index in [1.54, 1.807) is 25.1 Å². The molecule has 1 heterocycles. The Morgan fingerprint density at radius 1 is 1.35 bits per heavy atom. The summed E-state index contributed by atoms with van der Waals surface area (Å²) in [4.78, 5) is 26.6. The fourth-order valence-electron chi connectivity index (χ4n) is 2.05. The van der Waals surface area contributed by atoms with Gasteiger partial charge in [0.05, 0.1) is 35.9 Å². The van der Waals surface area contributed by atoms with E-state index in [4.69, 9.17) is 9.47 Å². The highest BCUT2D eigenvalue weighted by Crippen LogP contribution is 2.28. The van der Waals surface area contributed by atoms with E-state index in [9.17, 15) is 14.7 Å². The van der Waals surface area contributed by atoms with Crippen LogP contribution >= 0.6 is 11.3 Å². The molecule has 0 aliphatic rings. The number of nitrogens with zero attached hydrogens (tertiary/aromatic N) is 2. The van der Waals surface area contributed by atoms with Gasteiger partial charge in [-0.1, -0.05) is 0 Å². The number of carboxylic acids is 1. The van der Waals surface area contributed by atoms with Crippen molar-refractivity contribution in [3.8, 4) is 11.5 Å². The summed E-state index contributed by atoms with van der Waals surface area (Å²) in [6.07, 6.45) is 0.153. The van der Waals surface area contributed by atoms with Gasteiger partial charge in [0.25, 0.3) is 0 Å². The maximum absolute atomic E-state index is 11.9. The molecular weight excluding hydrogens is 358 g/mol. The molecular formula is C17H18N3O5S-. The Morgan fingerprint density at radius 3 is 2.73 bits per heavy atom. The smallest absolute Gasteiger partial charge is 0.246 e. The zero-order chi connectivity index (χ0) is 19.1. The summed E-state index contributed by atoms with van der Waals surface area (Å²) in [6, 6.07) is 4.89. The quantitative estimate of drug-likeness (QED) is 0.535. The zero-order valence-corrected chi connectivity index (χ0v) is 15.4. The van der Waals surface area contributed by atoms with E-state index in [2.05, 4.69) is 15.5 Å². The van der Waals surface area contributed by atoms with E-state index in [-0.39, 0.29) is 18.1 Å². The lowest BCUT2D eigenvalue weighted by molar-refractivity contribution is -0.307. The number of rotatable bonds is 8. The standard InChI is InChI=1S/C17H19N3O5S/c1-10(19-20-16(21)7-13-9-26-11(2)18-13)12-4-5-14(15(6-12)24-3)25-8-17(22)23/h4-6,9H,7-8H2,1-3H3,(H,20,21)(H,22,23)/p-1/b19-10-. The third-order valence-electron chi connectivity index (χ3n) is 3.28. The van der Waals surface area contributed by atoms with Gasteiger partial charge in [0, 0.05) is 10.9 Å². The molecule has 0 fully saturated rings. The van der Waals surface area contributed by atoms with Crippen LogP contribution in [0.1, 0.15) is 23.2 Å². The third kappa shape index (κ3) is 5.55. The van der Waals surface area contributed by atoms with Crippen molar-refractivity contribution in [2.24, 2.45) is 5.10 Å². The molecule has 0 bridgehead atoms. The molecule has 0 spiro atoms. The Balaban J connectivity index is 2.03. The Bertz CT molecular complexity index is 832. The van der Waals surface area contributed by atoms with Crippen molar-refractivity contribution in [1.29, 1.82) is 0 Å². The lowest BCUT2D eigenvalue weighted by Crippen LogP contribution is -2.29. The SMILES string of the molecule is COc1cc(/C(C)=N\NC(=O)Cc2csc(C)n2)ccc1OCC(=O)[O-]. The van der Waals surface area contributed by atoms with Gasteiger partial charge in [-0.15, -0.1) is 11.3 Å². The molecule has 1 amide bonds. The average Bonchev–Trinajstić information content (AvgIpc) is 3.02. The van der Waals surface area contributed by atoms with E-state index in [1.165, 1.54) is 18.4 Å². The van der Waals surface area contributed by atoms with Crippen LogP contribution in [0.5, 0.6) is 11.5 Å². The summed E-state index contributed by atoms with van der Waals surface area (Å²) in [5.41, 5.74) is 4.43. The minimum absolute atomic E-state index is 0.153. The van der Waals surface area contributed by atoms with Gasteiger partial charge < -0.3 is 19.4 Å². The number of aryl methyl sites for hydroxylation is 1. The molecule has 2 aromatic rings. The normalized spacial score (nSPS) is 11.1. The van der Waals surface area contributed by atoms with Crippen molar-refractivity contribution in [3.63, 3.8) is 0 Å². The number of carbonyl (C=O) groups excluding carboxylic acids is 2. The van der Waals surface area contributed by atoms with Crippen LogP contribution in [0.15, 0.2) is 28.7 Å². The number of benzene rings is 1. The van der Waals surface area contributed by atoms with Crippen LogP contribution in [-0.2, 0) is 16.0 Å². The number of methoxy groups -OCH3 is 1. The number of hydrazone groups is 1. The molecule has 2 rings (SSSR count). The van der Waals surface area contributed by atoms with Crippen LogP contribution in [0.4, 0.5) is 0 Å². The molecule has 8 nitrogen and oxygen atoms in total. The number of carboxylic acid groups (broad SMARTS) is 1. The molecule has 26 heavy (non-hydrogen) atoms. The molecule has 0 radical (unpaired) electrons. The molecule has 1 aromatic heterocycles. The highest BCUT2D eigenvalue weighted by Gasteiger charge is 2.09. The number of hydrogen-bond donors (Lipinski definition) is 1. The average molecular weight is 376 g/mol. The van der Waals surface area contributed by atoms with Crippen LogP contribution in [0.2, 0.25) is 0 Å². The summed E-state index contributed by atoms with van der Waals surface area (Å²) in [6.45, 7) is 3.03. The van der Waals surface area contributed by atoms with Crippen molar-refractivity contribution in [2.45, 2.75) is 20.3 Å². The second kappa shape index (κ2) is 8.95. The lowest BCUT2D eigenvalue weighted by atomic mass is 10.1. The van der Waals surface area contributed by atoms with Gasteiger partial charge >= 0.3 is 0 Å². The predicted molar refractivity (Wildman–Crippen MR) is 94.4 cm³/mol. The number of carbonyl (C=O) groups is 2. The summed E-state index contributed by atoms with van der Waals surface area (Å²) >= 11 is 1.49. The topological polar surface area (TPSA) is 113 Å². The van der Waals surface area contributed by atoms with Crippen LogP contribution in [0, 0.1) is 6.92 Å². The maximum atomic E-state index is 11.9. The Morgan fingerprint density at radius 2 is 2.12 bits per heavy atom. The van der Waals surface area contributed by atoms with Gasteiger partial charge in [0.1, 0.15) is 6.61 Å². The summed E-state index contributed by atoms with van der Waals surface area (Å²) in [7, 11) is 1.44. The van der Waals surface area contributed by atoms with E-state index in [1.807, 2.05) is 12.3 Å². The monoisotopic (exact) mass is 376 g/mol. The van der Waals surface area contributed by atoms with E-state index in [0.29, 0.717) is 22.7 Å². The van der Waals surface area contributed by atoms with Crippen molar-refractivity contribution < 1.29 is 24.2 Å². The van der Waals surface area contributed by atoms with Crippen LogP contribution in [0.3, 0.4) is 0 Å². The number of hydrogen-bond acceptors (Lipinski definition) is 8. The molecule has 0 aliphatic heterocycles. The molecule has 0 aliphatic carbocycles. The summed E-state index contributed by atoms with van der Waals surface area (Å²) in [5, 5.41) is 17.3. The van der Waals surface area contributed by atoms with Gasteiger partial charge in [0.2, 0.25) is 5.91 Å². The highest BCUT2D eigenvalue weighted by atomic mass is 32.1. The van der Waals surface area contributed by atoms with Gasteiger partial charge in [-0.3, -0.25) is 4.79 Å². The number of ether oxygens (including phenoxy) is 2. The van der Waals surface area contributed by atoms with E-state index in [0.717, 1.165) is 5.01 Å². The minimum Gasteiger partial charge on any atom is -0.546 e. The lowest BCUT2D eigenvalue weighted by Gasteiger charge is -2.12. The first-order valence-electron chi connectivity index (χ1n) is 7.64. The second-order valence-electron chi connectivity index (χ2n) is 5.29. The fraction of sp³-hybridized carbons (Fsp3) is 0.294. The Labute approximate surface area is 154 Å². The molecule has 9 heteroatoms. The van der Waals surface area contributed by atoms with Crippen LogP contribution in [-0.4, -0.2) is 36.3 Å². The number of nitrogens with one attached hydrogen (secondary N) is 1. The first-order chi connectivity index (χ1) is 12.4. The first kappa shape index (κ1) is 19.4. The molecule has 0 atom stereocenters. The number of amides is 1. The van der Waals surface area contributed by atoms with Crippen molar-refractivity contribution in [3.05, 3.63) is 39.8 Å². The van der Waals surface area contributed by atoms with E-state index < -0.39 is 12.6 Å². The van der Waals surface area contributed by atoms with Crippen LogP contribution in [0.25, 0.3) is 0 Å². The number of aromatic nitrogens is 1. The van der Waals surface area contributed by atoms with Gasteiger partial charge in [0.15, 0.2) is 11.5 Å². The predicted octanol–water partition coefficient (Wildman–Crippen LogP) is 0.672.